The van der Waals surface area contributed by atoms with Crippen LogP contribution in [0.3, 0.4) is 0 Å². The van der Waals surface area contributed by atoms with Crippen molar-refractivity contribution in [3.8, 4) is 23.0 Å². The summed E-state index contributed by atoms with van der Waals surface area (Å²) in [6, 6.07) is 2.24. The Balaban J connectivity index is 1.50. The molecule has 3 unspecified atom stereocenters. The molecule has 2 aliphatic heterocycles. The highest BCUT2D eigenvalue weighted by molar-refractivity contribution is 7.22. The molecule has 2 aliphatic rings. The van der Waals surface area contributed by atoms with Crippen LogP contribution in [-0.2, 0) is 15.7 Å². The molecule has 2 aromatic carbocycles. The molecule has 6 rings (SSSR count). The molecule has 0 saturated carbocycles. The van der Waals surface area contributed by atoms with Crippen LogP contribution in [0.15, 0.2) is 30.9 Å². The first-order valence-corrected chi connectivity index (χ1v) is 15.1. The Labute approximate surface area is 263 Å². The second kappa shape index (κ2) is 12.2. The van der Waals surface area contributed by atoms with Crippen molar-refractivity contribution in [2.45, 2.75) is 37.3 Å². The van der Waals surface area contributed by atoms with Gasteiger partial charge >= 0.3 is 12.2 Å². The maximum absolute atomic E-state index is 16.6. The Bertz CT molecular complexity index is 1840. The number of alkyl halides is 3. The third-order valence-corrected chi connectivity index (χ3v) is 9.15. The molecule has 0 spiro atoms. The van der Waals surface area contributed by atoms with Crippen molar-refractivity contribution < 1.29 is 41.0 Å². The number of aromatic nitrogens is 3. The molecular formula is C30H29F5N6O4S. The van der Waals surface area contributed by atoms with Crippen molar-refractivity contribution in [2.75, 3.05) is 46.1 Å². The molecule has 1 amide bonds. The zero-order valence-electron chi connectivity index (χ0n) is 24.7. The lowest BCUT2D eigenvalue weighted by Gasteiger charge is -2.21. The van der Waals surface area contributed by atoms with Crippen LogP contribution >= 0.6 is 11.3 Å². The number of benzene rings is 2. The Morgan fingerprint density at radius 1 is 1.17 bits per heavy atom. The highest BCUT2D eigenvalue weighted by Crippen LogP contribution is 2.46. The quantitative estimate of drug-likeness (QED) is 0.204. The fraction of sp³-hybridized carbons (Fsp3) is 0.400. The van der Waals surface area contributed by atoms with Crippen LogP contribution in [0.25, 0.3) is 32.2 Å². The molecule has 2 aromatic heterocycles. The van der Waals surface area contributed by atoms with Gasteiger partial charge in [0.25, 0.3) is 0 Å². The summed E-state index contributed by atoms with van der Waals surface area (Å²) >= 11 is 0.733. The van der Waals surface area contributed by atoms with Crippen LogP contribution in [0, 0.1) is 11.6 Å². The van der Waals surface area contributed by atoms with Crippen molar-refractivity contribution in [3.63, 3.8) is 0 Å². The van der Waals surface area contributed by atoms with Gasteiger partial charge in [-0.05, 0) is 37.7 Å². The number of anilines is 1. The van der Waals surface area contributed by atoms with Crippen molar-refractivity contribution >= 4 is 43.5 Å². The first-order valence-electron chi connectivity index (χ1n) is 14.3. The van der Waals surface area contributed by atoms with E-state index in [2.05, 4.69) is 21.5 Å². The number of carbonyl (C=O) groups excluding carboxylic acids is 1. The van der Waals surface area contributed by atoms with Crippen LogP contribution in [0.5, 0.6) is 11.9 Å². The Kier molecular flexibility index (Phi) is 8.45. The minimum absolute atomic E-state index is 0.0216. The topological polar surface area (TPSA) is 116 Å². The van der Waals surface area contributed by atoms with Gasteiger partial charge in [-0.2, -0.15) is 23.1 Å². The van der Waals surface area contributed by atoms with Gasteiger partial charge in [-0.1, -0.05) is 17.9 Å². The third kappa shape index (κ3) is 5.91. The third-order valence-electron chi connectivity index (χ3n) is 8.26. The van der Waals surface area contributed by atoms with Gasteiger partial charge in [0.1, 0.15) is 24.0 Å². The molecule has 2 saturated heterocycles. The van der Waals surface area contributed by atoms with Crippen LogP contribution in [0.4, 0.5) is 27.1 Å². The van der Waals surface area contributed by atoms with E-state index in [0.29, 0.717) is 32.0 Å². The van der Waals surface area contributed by atoms with E-state index in [1.54, 1.807) is 7.11 Å². The number of nitrogens with zero attached hydrogens (tertiary/aromatic N) is 5. The predicted octanol–water partition coefficient (Wildman–Crippen LogP) is 5.05. The van der Waals surface area contributed by atoms with Crippen LogP contribution in [0.2, 0.25) is 0 Å². The number of carbonyl (C=O) groups is 1. The molecule has 0 radical (unpaired) electrons. The minimum atomic E-state index is -5.06. The second-order valence-electron chi connectivity index (χ2n) is 11.2. The van der Waals surface area contributed by atoms with E-state index in [0.717, 1.165) is 29.5 Å². The number of fused-ring (bicyclic) bond motifs is 2. The van der Waals surface area contributed by atoms with E-state index < -0.39 is 40.6 Å². The highest BCUT2D eigenvalue weighted by Gasteiger charge is 2.39. The number of nitrogens with two attached hydrogens (primary N) is 1. The number of hydrogen-bond acceptors (Lipinski definition) is 10. The second-order valence-corrected chi connectivity index (χ2v) is 12.2. The molecular weight excluding hydrogens is 635 g/mol. The van der Waals surface area contributed by atoms with Crippen LogP contribution in [-0.4, -0.2) is 89.3 Å². The van der Waals surface area contributed by atoms with E-state index in [1.807, 2.05) is 11.9 Å². The van der Waals surface area contributed by atoms with Crippen molar-refractivity contribution in [3.05, 3.63) is 48.1 Å². The molecule has 16 heteroatoms. The molecule has 2 N–H and O–H groups in total. The molecule has 4 heterocycles. The van der Waals surface area contributed by atoms with Crippen molar-refractivity contribution in [1.29, 1.82) is 0 Å². The molecule has 4 aromatic rings. The smallest absolute Gasteiger partial charge is 0.417 e. The number of amides is 1. The first-order chi connectivity index (χ1) is 21.9. The van der Waals surface area contributed by atoms with Crippen LogP contribution < -0.4 is 15.2 Å². The number of halogens is 5. The number of likely N-dealkylation sites (tertiary alicyclic amines) is 2. The number of hydrogen-bond donors (Lipinski definition) is 1. The highest BCUT2D eigenvalue weighted by atomic mass is 32.1. The summed E-state index contributed by atoms with van der Waals surface area (Å²) in [6.45, 7) is 4.65. The van der Waals surface area contributed by atoms with Crippen molar-refractivity contribution in [2.24, 2.45) is 0 Å². The maximum atomic E-state index is 16.6. The predicted molar refractivity (Wildman–Crippen MR) is 161 cm³/mol. The molecule has 244 valence electrons. The van der Waals surface area contributed by atoms with Gasteiger partial charge in [-0.3, -0.25) is 9.69 Å². The summed E-state index contributed by atoms with van der Waals surface area (Å²) in [7, 11) is 3.49. The number of nitrogen functional groups attached to an aromatic ring is 1. The van der Waals surface area contributed by atoms with Gasteiger partial charge in [0.2, 0.25) is 11.8 Å². The molecule has 0 bridgehead atoms. The van der Waals surface area contributed by atoms with E-state index in [4.69, 9.17) is 19.9 Å². The number of likely N-dealkylation sites (N-methyl/N-ethyl adjacent to an activating group) is 1. The summed E-state index contributed by atoms with van der Waals surface area (Å²) in [5.74, 6) is -2.79. The monoisotopic (exact) mass is 664 g/mol. The van der Waals surface area contributed by atoms with Gasteiger partial charge in [-0.15, -0.1) is 0 Å². The lowest BCUT2D eigenvalue weighted by molar-refractivity contribution is -0.137. The van der Waals surface area contributed by atoms with Crippen LogP contribution in [0.1, 0.15) is 18.4 Å². The van der Waals surface area contributed by atoms with Gasteiger partial charge < -0.3 is 24.8 Å². The fourth-order valence-corrected chi connectivity index (χ4v) is 6.66. The van der Waals surface area contributed by atoms with Gasteiger partial charge in [0, 0.05) is 43.8 Å². The summed E-state index contributed by atoms with van der Waals surface area (Å²) in [4.78, 5) is 28.1. The summed E-state index contributed by atoms with van der Waals surface area (Å²) in [6.07, 6.45) is -3.61. The summed E-state index contributed by atoms with van der Waals surface area (Å²) < 4.78 is 92.4. The SMILES string of the molecule is C=CC(=O)N1CCC(Oc2nc(OCC3CC(OC)CN3C)nc3c(F)c(-c4ccc(F)c5sc(N)nc45)c(C(F)(F)F)cc23)C1. The molecule has 0 aliphatic carbocycles. The van der Waals surface area contributed by atoms with E-state index >= 15 is 4.39 Å². The lowest BCUT2D eigenvalue weighted by Crippen LogP contribution is -2.31. The fourth-order valence-electron chi connectivity index (χ4n) is 5.89. The average Bonchev–Trinajstić information content (AvgIpc) is 3.74. The Morgan fingerprint density at radius 3 is 2.65 bits per heavy atom. The lowest BCUT2D eigenvalue weighted by atomic mass is 9.95. The Morgan fingerprint density at radius 2 is 1.96 bits per heavy atom. The zero-order chi connectivity index (χ0) is 32.9. The molecule has 46 heavy (non-hydrogen) atoms. The molecule has 3 atom stereocenters. The number of rotatable bonds is 8. The maximum Gasteiger partial charge on any atom is 0.417 e. The normalized spacial score (nSPS) is 20.6. The van der Waals surface area contributed by atoms with E-state index in [-0.39, 0.29) is 69.4 Å². The average molecular weight is 665 g/mol. The van der Waals surface area contributed by atoms with Crippen molar-refractivity contribution in [1.82, 2.24) is 24.8 Å². The van der Waals surface area contributed by atoms with Gasteiger partial charge in [-0.25, -0.2) is 13.8 Å². The van der Waals surface area contributed by atoms with E-state index in [9.17, 15) is 22.4 Å². The zero-order valence-corrected chi connectivity index (χ0v) is 25.6. The van der Waals surface area contributed by atoms with E-state index in [1.165, 1.54) is 4.90 Å². The molecule has 2 fully saturated rings. The Hall–Kier alpha value is -4.15. The molecule has 10 nitrogen and oxygen atoms in total. The standard InChI is InChI=1S/C30H29F5N6O4S/c1-4-21(42)41-8-7-15(12-41)45-27-18-10-19(30(33,34)35)22(17-5-6-20(31)26-25(17)37-28(36)46-26)23(32)24(18)38-29(39-27)44-13-14-9-16(43-3)11-40(14)2/h4-6,10,14-16H,1,7-9,11-13H2,2-3H3,(H2,36,37). The van der Waals surface area contributed by atoms with Gasteiger partial charge in [0.15, 0.2) is 10.9 Å². The summed E-state index contributed by atoms with van der Waals surface area (Å²) in [5.41, 5.74) is 2.47. The number of methoxy groups -OCH3 is 1. The van der Waals surface area contributed by atoms with Gasteiger partial charge in [0.05, 0.1) is 33.8 Å². The summed E-state index contributed by atoms with van der Waals surface area (Å²) in [5, 5.41) is -0.457. The largest absolute Gasteiger partial charge is 0.472 e. The number of ether oxygens (including phenoxy) is 3. The number of thiazole rings is 1. The first kappa shape index (κ1) is 31.8. The minimum Gasteiger partial charge on any atom is -0.472 e.